The Morgan fingerprint density at radius 3 is 2.81 bits per heavy atom. The highest BCUT2D eigenvalue weighted by atomic mass is 16.7. The third-order valence-corrected chi connectivity index (χ3v) is 5.24. The van der Waals surface area contributed by atoms with E-state index in [1.807, 2.05) is 12.1 Å². The molecule has 0 bridgehead atoms. The number of rotatable bonds is 4. The highest BCUT2D eigenvalue weighted by Gasteiger charge is 2.37. The normalized spacial score (nSPS) is 20.9. The minimum absolute atomic E-state index is 0.0363. The number of hydrogen-bond acceptors (Lipinski definition) is 7. The number of hydrogen-bond donors (Lipinski definition) is 1. The van der Waals surface area contributed by atoms with Gasteiger partial charge in [-0.1, -0.05) is 0 Å². The lowest BCUT2D eigenvalue weighted by Crippen LogP contribution is -2.42. The van der Waals surface area contributed by atoms with Crippen LogP contribution in [-0.2, 0) is 16.2 Å². The number of aliphatic hydroxyl groups is 1. The van der Waals surface area contributed by atoms with E-state index in [2.05, 4.69) is 19.9 Å². The van der Waals surface area contributed by atoms with Crippen LogP contribution in [0, 0.1) is 5.92 Å². The molecule has 142 valence electrons. The average molecular weight is 369 g/mol. The molecule has 8 nitrogen and oxygen atoms in total. The first-order valence-electron chi connectivity index (χ1n) is 9.28. The lowest BCUT2D eigenvalue weighted by molar-refractivity contribution is -0.182. The molecule has 0 saturated carbocycles. The molecule has 1 atom stereocenters. The highest BCUT2D eigenvalue weighted by molar-refractivity contribution is 5.79. The third kappa shape index (κ3) is 3.77. The van der Waals surface area contributed by atoms with Gasteiger partial charge in [0.25, 0.3) is 0 Å². The summed E-state index contributed by atoms with van der Waals surface area (Å²) in [6.45, 7) is 2.02. The van der Waals surface area contributed by atoms with Crippen molar-refractivity contribution in [1.82, 2.24) is 20.0 Å². The zero-order chi connectivity index (χ0) is 18.6. The Bertz CT molecular complexity index is 780. The first-order chi connectivity index (χ1) is 13.3. The van der Waals surface area contributed by atoms with Gasteiger partial charge in [0.15, 0.2) is 0 Å². The molecule has 0 spiro atoms. The van der Waals surface area contributed by atoms with E-state index < -0.39 is 0 Å². The van der Waals surface area contributed by atoms with Crippen molar-refractivity contribution in [2.75, 3.05) is 24.6 Å². The molecule has 2 aliphatic rings. The number of aromatic nitrogens is 3. The molecule has 2 aromatic heterocycles. The van der Waals surface area contributed by atoms with Crippen molar-refractivity contribution in [2.45, 2.75) is 31.9 Å². The minimum Gasteiger partial charge on any atom is -0.392 e. The van der Waals surface area contributed by atoms with E-state index in [4.69, 9.17) is 4.84 Å². The Hall–Kier alpha value is -2.58. The maximum atomic E-state index is 13.1. The first kappa shape index (κ1) is 17.8. The summed E-state index contributed by atoms with van der Waals surface area (Å²) in [6, 6.07) is 3.64. The Labute approximate surface area is 157 Å². The van der Waals surface area contributed by atoms with Crippen LogP contribution in [0.4, 0.5) is 5.82 Å². The molecule has 0 aromatic carbocycles. The molecule has 27 heavy (non-hydrogen) atoms. The van der Waals surface area contributed by atoms with Crippen LogP contribution < -0.4 is 4.90 Å². The zero-order valence-electron chi connectivity index (χ0n) is 15.1. The fourth-order valence-electron chi connectivity index (χ4n) is 3.77. The van der Waals surface area contributed by atoms with Crippen LogP contribution in [0.15, 0.2) is 37.1 Å². The first-order valence-corrected chi connectivity index (χ1v) is 9.28. The van der Waals surface area contributed by atoms with Gasteiger partial charge in [-0.2, -0.15) is 0 Å². The summed E-state index contributed by atoms with van der Waals surface area (Å²) in [4.78, 5) is 33.3. The van der Waals surface area contributed by atoms with Crippen molar-refractivity contribution in [2.24, 2.45) is 5.92 Å². The van der Waals surface area contributed by atoms with E-state index in [1.54, 1.807) is 24.9 Å². The number of piperidine rings is 1. The Kier molecular flexibility index (Phi) is 5.26. The summed E-state index contributed by atoms with van der Waals surface area (Å²) < 4.78 is 0. The fourth-order valence-corrected chi connectivity index (χ4v) is 3.77. The van der Waals surface area contributed by atoms with Crippen molar-refractivity contribution in [3.8, 4) is 0 Å². The largest absolute Gasteiger partial charge is 0.392 e. The maximum absolute atomic E-state index is 13.1. The van der Waals surface area contributed by atoms with Crippen molar-refractivity contribution < 1.29 is 14.7 Å². The maximum Gasteiger partial charge on any atom is 0.249 e. The molecule has 4 heterocycles. The number of anilines is 1. The lowest BCUT2D eigenvalue weighted by Gasteiger charge is -2.34. The molecule has 1 unspecified atom stereocenters. The second-order valence-corrected chi connectivity index (χ2v) is 6.92. The summed E-state index contributed by atoms with van der Waals surface area (Å²) in [6.07, 6.45) is 8.93. The molecule has 2 aliphatic heterocycles. The molecular formula is C19H23N5O3. The Morgan fingerprint density at radius 2 is 2.07 bits per heavy atom. The van der Waals surface area contributed by atoms with E-state index in [-0.39, 0.29) is 24.5 Å². The molecule has 0 aliphatic carbocycles. The van der Waals surface area contributed by atoms with Crippen molar-refractivity contribution >= 4 is 11.7 Å². The third-order valence-electron chi connectivity index (χ3n) is 5.24. The van der Waals surface area contributed by atoms with E-state index in [0.717, 1.165) is 49.3 Å². The number of pyridine rings is 1. The van der Waals surface area contributed by atoms with E-state index in [0.29, 0.717) is 6.61 Å². The van der Waals surface area contributed by atoms with Crippen LogP contribution in [0.25, 0.3) is 0 Å². The highest BCUT2D eigenvalue weighted by Crippen LogP contribution is 2.33. The van der Waals surface area contributed by atoms with Crippen LogP contribution in [0.1, 0.15) is 36.4 Å². The SMILES string of the molecule is O=C(C1CCN(c2ccncn2)CC1)N1OCCC1c1cncc(CO)c1. The Balaban J connectivity index is 1.42. The predicted octanol–water partition coefficient (Wildman–Crippen LogP) is 1.49. The van der Waals surface area contributed by atoms with Gasteiger partial charge in [0.2, 0.25) is 5.91 Å². The van der Waals surface area contributed by atoms with E-state index in [9.17, 15) is 9.90 Å². The number of carbonyl (C=O) groups is 1. The topological polar surface area (TPSA) is 91.7 Å². The number of amides is 1. The van der Waals surface area contributed by atoms with Gasteiger partial charge in [-0.15, -0.1) is 0 Å². The zero-order valence-corrected chi connectivity index (χ0v) is 15.1. The van der Waals surface area contributed by atoms with Gasteiger partial charge in [0.1, 0.15) is 12.1 Å². The van der Waals surface area contributed by atoms with Crippen molar-refractivity contribution in [3.63, 3.8) is 0 Å². The molecular weight excluding hydrogens is 346 g/mol. The van der Waals surface area contributed by atoms with Crippen LogP contribution >= 0.6 is 0 Å². The second-order valence-electron chi connectivity index (χ2n) is 6.92. The van der Waals surface area contributed by atoms with Gasteiger partial charge in [0, 0.05) is 44.0 Å². The number of hydroxylamine groups is 2. The van der Waals surface area contributed by atoms with Crippen LogP contribution in [0.3, 0.4) is 0 Å². The molecule has 8 heteroatoms. The molecule has 2 fully saturated rings. The molecule has 0 radical (unpaired) electrons. The van der Waals surface area contributed by atoms with Gasteiger partial charge >= 0.3 is 0 Å². The van der Waals surface area contributed by atoms with Gasteiger partial charge in [-0.05, 0) is 36.1 Å². The quantitative estimate of drug-likeness (QED) is 0.873. The number of aliphatic hydroxyl groups excluding tert-OH is 1. The number of carbonyl (C=O) groups excluding carboxylic acids is 1. The van der Waals surface area contributed by atoms with Gasteiger partial charge in [0.05, 0.1) is 19.3 Å². The molecule has 4 rings (SSSR count). The minimum atomic E-state index is -0.142. The van der Waals surface area contributed by atoms with E-state index >= 15 is 0 Å². The second kappa shape index (κ2) is 7.98. The van der Waals surface area contributed by atoms with Crippen molar-refractivity contribution in [1.29, 1.82) is 0 Å². The van der Waals surface area contributed by atoms with Crippen molar-refractivity contribution in [3.05, 3.63) is 48.2 Å². The lowest BCUT2D eigenvalue weighted by atomic mass is 9.94. The van der Waals surface area contributed by atoms with Crippen LogP contribution in [0.2, 0.25) is 0 Å². The summed E-state index contributed by atoms with van der Waals surface area (Å²) in [5, 5.41) is 10.9. The summed E-state index contributed by atoms with van der Waals surface area (Å²) in [5.74, 6) is 0.880. The summed E-state index contributed by atoms with van der Waals surface area (Å²) >= 11 is 0. The van der Waals surface area contributed by atoms with Gasteiger partial charge < -0.3 is 10.0 Å². The standard InChI is InChI=1S/C19H23N5O3/c25-12-14-9-16(11-21-10-14)17-4-8-27-24(17)19(26)15-2-6-23(7-3-15)18-1-5-20-13-22-18/h1,5,9-11,13,15,17,25H,2-4,6-8,12H2. The fraction of sp³-hybridized carbons (Fsp3) is 0.474. The van der Waals surface area contributed by atoms with Crippen LogP contribution in [0.5, 0.6) is 0 Å². The van der Waals surface area contributed by atoms with Crippen LogP contribution in [-0.4, -0.2) is 50.7 Å². The van der Waals surface area contributed by atoms with E-state index in [1.165, 1.54) is 5.06 Å². The Morgan fingerprint density at radius 1 is 1.22 bits per heavy atom. The molecule has 1 N–H and O–H groups in total. The average Bonchev–Trinajstić information content (AvgIpc) is 3.24. The molecule has 2 saturated heterocycles. The molecule has 2 aromatic rings. The predicted molar refractivity (Wildman–Crippen MR) is 97.3 cm³/mol. The van der Waals surface area contributed by atoms with Gasteiger partial charge in [-0.3, -0.25) is 14.6 Å². The van der Waals surface area contributed by atoms with Gasteiger partial charge in [-0.25, -0.2) is 15.0 Å². The summed E-state index contributed by atoms with van der Waals surface area (Å²) in [7, 11) is 0. The number of nitrogens with zero attached hydrogens (tertiary/aromatic N) is 5. The monoisotopic (exact) mass is 369 g/mol. The summed E-state index contributed by atoms with van der Waals surface area (Å²) in [5.41, 5.74) is 1.65. The molecule has 1 amide bonds. The smallest absolute Gasteiger partial charge is 0.249 e.